The predicted molar refractivity (Wildman–Crippen MR) is 41.4 cm³/mol. The van der Waals surface area contributed by atoms with Gasteiger partial charge in [-0.2, -0.15) is 0 Å². The molecule has 9 heavy (non-hydrogen) atoms. The largest absolute Gasteiger partial charge is 0.243 e. The van der Waals surface area contributed by atoms with E-state index in [9.17, 15) is 4.21 Å². The summed E-state index contributed by atoms with van der Waals surface area (Å²) < 4.78 is 13.4. The van der Waals surface area contributed by atoms with Gasteiger partial charge in [-0.15, -0.1) is 6.58 Å². The van der Waals surface area contributed by atoms with E-state index in [4.69, 9.17) is 0 Å². The Bertz CT molecular complexity index is 114. The minimum Gasteiger partial charge on any atom is -0.243 e. The van der Waals surface area contributed by atoms with Crippen LogP contribution in [0.4, 0.5) is 0 Å². The normalized spacial score (nSPS) is 16.7. The molecule has 1 N–H and O–H groups in total. The maximum Gasteiger partial charge on any atom is 0.0918 e. The molecule has 2 nitrogen and oxygen atoms in total. The van der Waals surface area contributed by atoms with Crippen molar-refractivity contribution in [2.24, 2.45) is 5.92 Å². The molecule has 0 saturated carbocycles. The van der Waals surface area contributed by atoms with E-state index in [0.717, 1.165) is 0 Å². The lowest BCUT2D eigenvalue weighted by Crippen LogP contribution is -2.17. The van der Waals surface area contributed by atoms with E-state index < -0.39 is 11.0 Å². The first-order valence-corrected chi connectivity index (χ1v) is 4.21. The second-order valence-electron chi connectivity index (χ2n) is 1.93. The van der Waals surface area contributed by atoms with Crippen molar-refractivity contribution in [1.82, 2.24) is 4.72 Å². The summed E-state index contributed by atoms with van der Waals surface area (Å²) in [7, 11) is 0.808. The zero-order chi connectivity index (χ0) is 7.28. The van der Waals surface area contributed by atoms with Crippen molar-refractivity contribution in [3.05, 3.63) is 12.7 Å². The lowest BCUT2D eigenvalue weighted by atomic mass is 10.2. The van der Waals surface area contributed by atoms with Crippen LogP contribution in [0.5, 0.6) is 0 Å². The van der Waals surface area contributed by atoms with Crippen molar-refractivity contribution in [2.75, 3.05) is 12.8 Å². The number of allylic oxidation sites excluding steroid dienone is 1. The first-order chi connectivity index (χ1) is 4.20. The van der Waals surface area contributed by atoms with Crippen LogP contribution >= 0.6 is 0 Å². The van der Waals surface area contributed by atoms with Gasteiger partial charge in [0.1, 0.15) is 0 Å². The fourth-order valence-corrected chi connectivity index (χ4v) is 1.17. The molecule has 0 aliphatic rings. The fraction of sp³-hybridized carbons (Fsp3) is 0.667. The molecule has 0 aliphatic carbocycles. The molecule has 3 heteroatoms. The number of nitrogens with one attached hydrogen (secondary N) is 1. The maximum absolute atomic E-state index is 10.7. The van der Waals surface area contributed by atoms with Gasteiger partial charge in [-0.1, -0.05) is 13.0 Å². The second kappa shape index (κ2) is 4.70. The van der Waals surface area contributed by atoms with Crippen LogP contribution in [0.1, 0.15) is 6.92 Å². The van der Waals surface area contributed by atoms with Gasteiger partial charge < -0.3 is 0 Å². The van der Waals surface area contributed by atoms with Crippen LogP contribution in [-0.4, -0.2) is 17.0 Å². The Morgan fingerprint density at radius 1 is 1.89 bits per heavy atom. The van der Waals surface area contributed by atoms with Crippen LogP contribution in [0.15, 0.2) is 12.7 Å². The van der Waals surface area contributed by atoms with Crippen molar-refractivity contribution in [3.8, 4) is 0 Å². The van der Waals surface area contributed by atoms with E-state index in [1.165, 1.54) is 0 Å². The van der Waals surface area contributed by atoms with E-state index in [1.807, 2.05) is 6.92 Å². The fourth-order valence-electron chi connectivity index (χ4n) is 0.390. The van der Waals surface area contributed by atoms with Gasteiger partial charge in [0, 0.05) is 5.75 Å². The van der Waals surface area contributed by atoms with E-state index in [-0.39, 0.29) is 0 Å². The average Bonchev–Trinajstić information content (AvgIpc) is 1.87. The lowest BCUT2D eigenvalue weighted by Gasteiger charge is -2.02. The Morgan fingerprint density at radius 3 is 2.78 bits per heavy atom. The van der Waals surface area contributed by atoms with Crippen LogP contribution < -0.4 is 4.72 Å². The summed E-state index contributed by atoms with van der Waals surface area (Å²) in [6, 6.07) is 0. The van der Waals surface area contributed by atoms with Gasteiger partial charge in [-0.3, -0.25) is 0 Å². The minimum atomic E-state index is -0.878. The molecule has 2 unspecified atom stereocenters. The molecule has 0 bridgehead atoms. The van der Waals surface area contributed by atoms with Crippen molar-refractivity contribution in [3.63, 3.8) is 0 Å². The van der Waals surface area contributed by atoms with Crippen molar-refractivity contribution in [1.29, 1.82) is 0 Å². The summed E-state index contributed by atoms with van der Waals surface area (Å²) in [6.07, 6.45) is 1.80. The van der Waals surface area contributed by atoms with Gasteiger partial charge >= 0.3 is 0 Å². The van der Waals surface area contributed by atoms with Crippen LogP contribution in [0.25, 0.3) is 0 Å². The van der Waals surface area contributed by atoms with Gasteiger partial charge in [-0.25, -0.2) is 8.93 Å². The number of rotatable bonds is 4. The Hall–Kier alpha value is -0.150. The molecular weight excluding hydrogens is 134 g/mol. The second-order valence-corrected chi connectivity index (χ2v) is 3.36. The van der Waals surface area contributed by atoms with Crippen molar-refractivity contribution in [2.45, 2.75) is 6.92 Å². The molecule has 0 rings (SSSR count). The van der Waals surface area contributed by atoms with E-state index in [1.54, 1.807) is 13.1 Å². The molecular formula is C6H13NOS. The Labute approximate surface area is 58.9 Å². The molecule has 0 aromatic rings. The molecule has 0 aromatic carbocycles. The molecule has 0 heterocycles. The van der Waals surface area contributed by atoms with E-state index in [2.05, 4.69) is 11.3 Å². The molecule has 0 aromatic heterocycles. The molecule has 0 aliphatic heterocycles. The topological polar surface area (TPSA) is 29.1 Å². The molecule has 0 fully saturated rings. The van der Waals surface area contributed by atoms with Gasteiger partial charge in [0.05, 0.1) is 11.0 Å². The molecule has 54 valence electrons. The molecule has 0 amide bonds. The maximum atomic E-state index is 10.7. The molecule has 0 radical (unpaired) electrons. The third kappa shape index (κ3) is 4.36. The highest BCUT2D eigenvalue weighted by atomic mass is 32.2. The number of hydrogen-bond donors (Lipinski definition) is 1. The predicted octanol–water partition coefficient (Wildman–Crippen LogP) is 0.692. The molecule has 2 atom stereocenters. The summed E-state index contributed by atoms with van der Waals surface area (Å²) in [4.78, 5) is 0. The first kappa shape index (κ1) is 8.85. The summed E-state index contributed by atoms with van der Waals surface area (Å²) in [5.74, 6) is 0.985. The Balaban J connectivity index is 3.46. The highest BCUT2D eigenvalue weighted by Gasteiger charge is 1.99. The lowest BCUT2D eigenvalue weighted by molar-refractivity contribution is 0.669. The van der Waals surface area contributed by atoms with Gasteiger partial charge in [-0.05, 0) is 13.0 Å². The average molecular weight is 147 g/mol. The monoisotopic (exact) mass is 147 g/mol. The van der Waals surface area contributed by atoms with Crippen LogP contribution in [0.2, 0.25) is 0 Å². The van der Waals surface area contributed by atoms with Gasteiger partial charge in [0.15, 0.2) is 0 Å². The Kier molecular flexibility index (Phi) is 4.62. The van der Waals surface area contributed by atoms with Crippen LogP contribution in [0, 0.1) is 5.92 Å². The summed E-state index contributed by atoms with van der Waals surface area (Å²) in [5.41, 5.74) is 0. The highest BCUT2D eigenvalue weighted by molar-refractivity contribution is 7.83. The Morgan fingerprint density at radius 2 is 2.44 bits per heavy atom. The van der Waals surface area contributed by atoms with Gasteiger partial charge in [0.25, 0.3) is 0 Å². The first-order valence-electron chi connectivity index (χ1n) is 2.89. The summed E-state index contributed by atoms with van der Waals surface area (Å²) in [5, 5.41) is 0. The van der Waals surface area contributed by atoms with Crippen LogP contribution in [0.3, 0.4) is 0 Å². The van der Waals surface area contributed by atoms with E-state index >= 15 is 0 Å². The highest BCUT2D eigenvalue weighted by Crippen LogP contribution is 1.95. The standard InChI is InChI=1S/C6H13NOS/c1-4-6(2)5-9(8)7-3/h4,6-7H,1,5H2,2-3H3. The van der Waals surface area contributed by atoms with Crippen molar-refractivity contribution >= 4 is 11.0 Å². The smallest absolute Gasteiger partial charge is 0.0918 e. The number of hydrogen-bond acceptors (Lipinski definition) is 1. The van der Waals surface area contributed by atoms with Crippen LogP contribution in [-0.2, 0) is 11.0 Å². The third-order valence-electron chi connectivity index (χ3n) is 1.04. The third-order valence-corrected chi connectivity index (χ3v) is 2.33. The van der Waals surface area contributed by atoms with Gasteiger partial charge in [0.2, 0.25) is 0 Å². The zero-order valence-electron chi connectivity index (χ0n) is 5.89. The quantitative estimate of drug-likeness (QED) is 0.582. The van der Waals surface area contributed by atoms with E-state index in [0.29, 0.717) is 11.7 Å². The minimum absolute atomic E-state index is 0.332. The van der Waals surface area contributed by atoms with Crippen molar-refractivity contribution < 1.29 is 4.21 Å². The molecule has 0 saturated heterocycles. The molecule has 0 spiro atoms. The SMILES string of the molecule is C=CC(C)CS(=O)NC. The summed E-state index contributed by atoms with van der Waals surface area (Å²) in [6.45, 7) is 5.57. The zero-order valence-corrected chi connectivity index (χ0v) is 6.70. The summed E-state index contributed by atoms with van der Waals surface area (Å²) >= 11 is 0.